The van der Waals surface area contributed by atoms with Crippen molar-refractivity contribution in [1.29, 1.82) is 0 Å². The first-order valence-corrected chi connectivity index (χ1v) is 6.96. The molecule has 1 aliphatic rings. The zero-order valence-corrected chi connectivity index (χ0v) is 11.7. The Morgan fingerprint density at radius 2 is 2.40 bits per heavy atom. The molecule has 0 spiro atoms. The van der Waals surface area contributed by atoms with Gasteiger partial charge in [0.15, 0.2) is 0 Å². The van der Waals surface area contributed by atoms with Crippen LogP contribution in [0.4, 0.5) is 4.79 Å². The van der Waals surface area contributed by atoms with Crippen LogP contribution < -0.4 is 16.0 Å². The monoisotopic (exact) mass is 279 g/mol. The third-order valence-corrected chi connectivity index (χ3v) is 3.43. The first kappa shape index (κ1) is 14.4. The Hall–Kier alpha value is -2.05. The van der Waals surface area contributed by atoms with Crippen LogP contribution in [0.15, 0.2) is 12.3 Å². The number of amides is 3. The number of hydrogen-bond acceptors (Lipinski definition) is 3. The summed E-state index contributed by atoms with van der Waals surface area (Å²) in [4.78, 5) is 23.4. The van der Waals surface area contributed by atoms with Gasteiger partial charge in [-0.25, -0.2) is 4.79 Å². The highest BCUT2D eigenvalue weighted by Crippen LogP contribution is 2.05. The third kappa shape index (κ3) is 3.97. The lowest BCUT2D eigenvalue weighted by Crippen LogP contribution is -2.49. The number of carbonyl (C=O) groups excluding carboxylic acids is 2. The molecule has 0 aliphatic carbocycles. The van der Waals surface area contributed by atoms with E-state index in [0.29, 0.717) is 25.9 Å². The average molecular weight is 279 g/mol. The fraction of sp³-hybridized carbons (Fsp3) is 0.615. The molecule has 1 aromatic heterocycles. The lowest BCUT2D eigenvalue weighted by atomic mass is 10.1. The molecule has 1 aromatic rings. The summed E-state index contributed by atoms with van der Waals surface area (Å²) in [6, 6.07) is 1.20. The largest absolute Gasteiger partial charge is 0.354 e. The lowest BCUT2D eigenvalue weighted by molar-refractivity contribution is -0.122. The summed E-state index contributed by atoms with van der Waals surface area (Å²) in [6.07, 6.45) is 5.04. The summed E-state index contributed by atoms with van der Waals surface area (Å²) >= 11 is 0. The second-order valence-electron chi connectivity index (χ2n) is 4.94. The SMILES string of the molecule is Cn1nccc1CCNC(=O)N[C@H]1CCCCNC1=O. The molecule has 0 aromatic carbocycles. The number of aromatic nitrogens is 2. The topological polar surface area (TPSA) is 88.1 Å². The van der Waals surface area contributed by atoms with Crippen molar-refractivity contribution in [3.8, 4) is 0 Å². The van der Waals surface area contributed by atoms with Gasteiger partial charge < -0.3 is 16.0 Å². The summed E-state index contributed by atoms with van der Waals surface area (Å²) in [7, 11) is 1.87. The van der Waals surface area contributed by atoms with Gasteiger partial charge in [0.25, 0.3) is 0 Å². The molecule has 1 aliphatic heterocycles. The van der Waals surface area contributed by atoms with Crippen molar-refractivity contribution in [3.63, 3.8) is 0 Å². The summed E-state index contributed by atoms with van der Waals surface area (Å²) in [5.41, 5.74) is 1.05. The molecule has 0 bridgehead atoms. The van der Waals surface area contributed by atoms with Crippen LogP contribution in [-0.4, -0.2) is 40.9 Å². The van der Waals surface area contributed by atoms with E-state index in [9.17, 15) is 9.59 Å². The molecule has 3 N–H and O–H groups in total. The number of rotatable bonds is 4. The summed E-state index contributed by atoms with van der Waals surface area (Å²) < 4.78 is 1.78. The van der Waals surface area contributed by atoms with Gasteiger partial charge in [0.1, 0.15) is 6.04 Å². The van der Waals surface area contributed by atoms with Crippen molar-refractivity contribution in [2.24, 2.45) is 7.05 Å². The number of aryl methyl sites for hydroxylation is 1. The number of carbonyl (C=O) groups is 2. The fourth-order valence-corrected chi connectivity index (χ4v) is 2.24. The minimum Gasteiger partial charge on any atom is -0.354 e. The summed E-state index contributed by atoms with van der Waals surface area (Å²) in [6.45, 7) is 1.21. The van der Waals surface area contributed by atoms with Crippen LogP contribution in [0, 0.1) is 0 Å². The van der Waals surface area contributed by atoms with Crippen LogP contribution in [-0.2, 0) is 18.3 Å². The molecule has 7 nitrogen and oxygen atoms in total. The Labute approximate surface area is 118 Å². The molecule has 1 atom stereocenters. The van der Waals surface area contributed by atoms with Gasteiger partial charge in [0.2, 0.25) is 5.91 Å². The quantitative estimate of drug-likeness (QED) is 0.721. The normalized spacial score (nSPS) is 19.1. The van der Waals surface area contributed by atoms with Gasteiger partial charge in [0, 0.05) is 38.4 Å². The number of urea groups is 1. The first-order valence-electron chi connectivity index (χ1n) is 6.96. The molecule has 2 heterocycles. The zero-order chi connectivity index (χ0) is 14.4. The van der Waals surface area contributed by atoms with E-state index in [-0.39, 0.29) is 11.9 Å². The molecule has 1 saturated heterocycles. The van der Waals surface area contributed by atoms with Crippen molar-refractivity contribution in [2.75, 3.05) is 13.1 Å². The van der Waals surface area contributed by atoms with Crippen LogP contribution in [0.3, 0.4) is 0 Å². The maximum absolute atomic E-state index is 11.8. The van der Waals surface area contributed by atoms with Gasteiger partial charge >= 0.3 is 6.03 Å². The van der Waals surface area contributed by atoms with Crippen LogP contribution >= 0.6 is 0 Å². The Morgan fingerprint density at radius 1 is 1.55 bits per heavy atom. The average Bonchev–Trinajstić information content (AvgIpc) is 2.71. The number of nitrogens with zero attached hydrogens (tertiary/aromatic N) is 2. The molecular formula is C13H21N5O2. The number of nitrogens with one attached hydrogen (secondary N) is 3. The van der Waals surface area contributed by atoms with Crippen molar-refractivity contribution >= 4 is 11.9 Å². The predicted molar refractivity (Wildman–Crippen MR) is 74.1 cm³/mol. The van der Waals surface area contributed by atoms with E-state index in [4.69, 9.17) is 0 Å². The molecule has 7 heteroatoms. The van der Waals surface area contributed by atoms with E-state index in [1.54, 1.807) is 10.9 Å². The molecule has 0 radical (unpaired) electrons. The minimum atomic E-state index is -0.422. The van der Waals surface area contributed by atoms with Crippen LogP contribution in [0.2, 0.25) is 0 Å². The van der Waals surface area contributed by atoms with E-state index >= 15 is 0 Å². The fourth-order valence-electron chi connectivity index (χ4n) is 2.24. The molecule has 110 valence electrons. The summed E-state index contributed by atoms with van der Waals surface area (Å²) in [5.74, 6) is -0.0933. The minimum absolute atomic E-state index is 0.0933. The van der Waals surface area contributed by atoms with Gasteiger partial charge in [-0.1, -0.05) is 0 Å². The predicted octanol–water partition coefficient (Wildman–Crippen LogP) is -0.0695. The molecular weight excluding hydrogens is 258 g/mol. The first-order chi connectivity index (χ1) is 9.66. The molecule has 2 rings (SSSR count). The van der Waals surface area contributed by atoms with Gasteiger partial charge in [0.05, 0.1) is 0 Å². The second-order valence-corrected chi connectivity index (χ2v) is 4.94. The van der Waals surface area contributed by atoms with E-state index < -0.39 is 6.04 Å². The van der Waals surface area contributed by atoms with Crippen molar-refractivity contribution in [2.45, 2.75) is 31.7 Å². The van der Waals surface area contributed by atoms with Gasteiger partial charge in [-0.05, 0) is 25.3 Å². The highest BCUT2D eigenvalue weighted by Gasteiger charge is 2.21. The Balaban J connectivity index is 1.72. The van der Waals surface area contributed by atoms with Gasteiger partial charge in [-0.15, -0.1) is 0 Å². The smallest absolute Gasteiger partial charge is 0.315 e. The molecule has 1 fully saturated rings. The lowest BCUT2D eigenvalue weighted by Gasteiger charge is -2.15. The zero-order valence-electron chi connectivity index (χ0n) is 11.7. The van der Waals surface area contributed by atoms with E-state index in [1.807, 2.05) is 13.1 Å². The van der Waals surface area contributed by atoms with E-state index in [0.717, 1.165) is 18.5 Å². The maximum atomic E-state index is 11.8. The van der Waals surface area contributed by atoms with E-state index in [2.05, 4.69) is 21.0 Å². The van der Waals surface area contributed by atoms with Crippen molar-refractivity contribution in [3.05, 3.63) is 18.0 Å². The molecule has 3 amide bonds. The Bertz CT molecular complexity index is 471. The van der Waals surface area contributed by atoms with Crippen molar-refractivity contribution in [1.82, 2.24) is 25.7 Å². The summed E-state index contributed by atoms with van der Waals surface area (Å²) in [5, 5.41) is 12.3. The standard InChI is InChI=1S/C13H21N5O2/c1-18-10(6-9-16-18)5-8-15-13(20)17-11-4-2-3-7-14-12(11)19/h6,9,11H,2-5,7-8H2,1H3,(H,14,19)(H2,15,17,20)/t11-/m0/s1. The van der Waals surface area contributed by atoms with Crippen molar-refractivity contribution < 1.29 is 9.59 Å². The second kappa shape index (κ2) is 6.93. The number of hydrogen-bond donors (Lipinski definition) is 3. The van der Waals surface area contributed by atoms with E-state index in [1.165, 1.54) is 0 Å². The molecule has 0 saturated carbocycles. The van der Waals surface area contributed by atoms with Gasteiger partial charge in [-0.3, -0.25) is 9.48 Å². The Kier molecular flexibility index (Phi) is 4.97. The highest BCUT2D eigenvalue weighted by atomic mass is 16.2. The van der Waals surface area contributed by atoms with Crippen LogP contribution in [0.5, 0.6) is 0 Å². The van der Waals surface area contributed by atoms with Crippen LogP contribution in [0.25, 0.3) is 0 Å². The highest BCUT2D eigenvalue weighted by molar-refractivity contribution is 5.87. The molecule has 20 heavy (non-hydrogen) atoms. The molecule has 0 unspecified atom stereocenters. The van der Waals surface area contributed by atoms with Gasteiger partial charge in [-0.2, -0.15) is 5.10 Å². The third-order valence-electron chi connectivity index (χ3n) is 3.43. The Morgan fingerprint density at radius 3 is 3.15 bits per heavy atom. The maximum Gasteiger partial charge on any atom is 0.315 e. The van der Waals surface area contributed by atoms with Crippen LogP contribution in [0.1, 0.15) is 25.0 Å².